The molecule has 3 rings (SSSR count). The van der Waals surface area contributed by atoms with E-state index in [0.29, 0.717) is 31.6 Å². The van der Waals surface area contributed by atoms with E-state index in [-0.39, 0.29) is 17.8 Å². The lowest BCUT2D eigenvalue weighted by Crippen LogP contribution is -2.62. The molecule has 1 saturated heterocycles. The molecule has 10 heteroatoms. The summed E-state index contributed by atoms with van der Waals surface area (Å²) in [5, 5.41) is 24.9. The van der Waals surface area contributed by atoms with E-state index >= 15 is 0 Å². The Morgan fingerprint density at radius 3 is 1.70 bits per heavy atom. The molecule has 1 aliphatic heterocycles. The number of carboxylic acids is 3. The summed E-state index contributed by atoms with van der Waals surface area (Å²) in [5.41, 5.74) is 0.761. The molecule has 0 bridgehead atoms. The van der Waals surface area contributed by atoms with Crippen molar-refractivity contribution in [2.45, 2.75) is 52.0 Å². The molecule has 0 radical (unpaired) electrons. The minimum Gasteiger partial charge on any atom is -0.479 e. The smallest absolute Gasteiger partial charge is 0.414 e. The summed E-state index contributed by atoms with van der Waals surface area (Å²) >= 11 is 0. The van der Waals surface area contributed by atoms with E-state index in [1.807, 2.05) is 62.4 Å². The van der Waals surface area contributed by atoms with Gasteiger partial charge in [0.2, 0.25) is 5.91 Å². The van der Waals surface area contributed by atoms with Gasteiger partial charge in [0, 0.05) is 31.7 Å². The number of piperidine rings is 1. The average molecular weight is 519 g/mol. The molecule has 1 heterocycles. The molecular weight excluding hydrogens is 480 g/mol. The number of carbonyl (C=O) groups is 4. The van der Waals surface area contributed by atoms with E-state index in [0.717, 1.165) is 13.0 Å². The molecule has 2 aromatic carbocycles. The number of aliphatic carboxylic acids is 3. The van der Waals surface area contributed by atoms with Crippen molar-refractivity contribution in [3.05, 3.63) is 66.2 Å². The molecule has 1 fully saturated rings. The summed E-state index contributed by atoms with van der Waals surface area (Å²) in [7, 11) is 0. The predicted octanol–water partition coefficient (Wildman–Crippen LogP) is 2.95. The van der Waals surface area contributed by atoms with Gasteiger partial charge in [-0.2, -0.15) is 0 Å². The van der Waals surface area contributed by atoms with Gasteiger partial charge in [0.25, 0.3) is 0 Å². The zero-order chi connectivity index (χ0) is 27.1. The van der Waals surface area contributed by atoms with Crippen LogP contribution in [0.15, 0.2) is 60.7 Å². The molecule has 1 amide bonds. The third kappa shape index (κ3) is 9.66. The van der Waals surface area contributed by atoms with Crippen molar-refractivity contribution in [3.63, 3.8) is 0 Å². The zero-order valence-corrected chi connectivity index (χ0v) is 21.6. The van der Waals surface area contributed by atoms with Gasteiger partial charge in [-0.3, -0.25) is 9.69 Å². The Balaban J connectivity index is 0.00000127. The van der Waals surface area contributed by atoms with Crippen molar-refractivity contribution < 1.29 is 40.0 Å². The van der Waals surface area contributed by atoms with Gasteiger partial charge in [0.1, 0.15) is 5.54 Å². The number of anilines is 1. The van der Waals surface area contributed by atoms with Gasteiger partial charge in [0.05, 0.1) is 0 Å². The van der Waals surface area contributed by atoms with E-state index in [1.165, 1.54) is 10.5 Å². The Bertz CT molecular complexity index is 962. The Morgan fingerprint density at radius 1 is 0.838 bits per heavy atom. The number of hydrogen-bond donors (Lipinski definition) is 3. The quantitative estimate of drug-likeness (QED) is 0.470. The first-order chi connectivity index (χ1) is 17.2. The molecule has 0 aromatic heterocycles. The number of likely N-dealkylation sites (tertiary alicyclic amines) is 1. The fraction of sp³-hybridized carbons (Fsp3) is 0.407. The van der Waals surface area contributed by atoms with Crippen molar-refractivity contribution in [2.24, 2.45) is 0 Å². The minimum absolute atomic E-state index is 0. The highest BCUT2D eigenvalue weighted by Gasteiger charge is 2.48. The highest BCUT2D eigenvalue weighted by molar-refractivity contribution is 6.27. The van der Waals surface area contributed by atoms with Crippen LogP contribution in [0.2, 0.25) is 0 Å². The van der Waals surface area contributed by atoms with Crippen LogP contribution < -0.4 is 4.90 Å². The molecule has 2 aromatic rings. The Kier molecular flexibility index (Phi) is 15.1. The molecule has 0 unspecified atom stereocenters. The fourth-order valence-electron chi connectivity index (χ4n) is 3.98. The number of hydrogen-bond acceptors (Lipinski definition) is 5. The molecule has 0 saturated carbocycles. The zero-order valence-electron chi connectivity index (χ0n) is 21.6. The van der Waals surface area contributed by atoms with Gasteiger partial charge in [-0.15, -0.1) is 0 Å². The summed E-state index contributed by atoms with van der Waals surface area (Å²) in [4.78, 5) is 47.2. The lowest BCUT2D eigenvalue weighted by molar-refractivity contribution is -0.159. The number of amides is 1. The number of nitrogens with zero attached hydrogens (tertiary/aromatic N) is 2. The molecule has 5 N–H and O–H groups in total. The second-order valence-electron chi connectivity index (χ2n) is 7.94. The van der Waals surface area contributed by atoms with Crippen LogP contribution >= 0.6 is 0 Å². The first kappa shape index (κ1) is 33.2. The van der Waals surface area contributed by atoms with Crippen molar-refractivity contribution in [2.75, 3.05) is 24.5 Å². The van der Waals surface area contributed by atoms with E-state index in [1.54, 1.807) is 6.92 Å². The Morgan fingerprint density at radius 2 is 1.30 bits per heavy atom. The highest BCUT2D eigenvalue weighted by atomic mass is 16.4. The number of para-hydroxylation sites is 1. The Hall–Kier alpha value is -3.76. The third-order valence-corrected chi connectivity index (χ3v) is 5.82. The van der Waals surface area contributed by atoms with Crippen LogP contribution in [0.3, 0.4) is 0 Å². The van der Waals surface area contributed by atoms with Gasteiger partial charge in [-0.05, 0) is 37.0 Å². The van der Waals surface area contributed by atoms with Gasteiger partial charge in [-0.1, -0.05) is 69.3 Å². The van der Waals surface area contributed by atoms with E-state index in [9.17, 15) is 14.7 Å². The first-order valence-electron chi connectivity index (χ1n) is 12.0. The lowest BCUT2D eigenvalue weighted by Gasteiger charge is -2.46. The highest BCUT2D eigenvalue weighted by Crippen LogP contribution is 2.34. The predicted molar refractivity (Wildman–Crippen MR) is 141 cm³/mol. The van der Waals surface area contributed by atoms with E-state index in [4.69, 9.17) is 19.8 Å². The summed E-state index contributed by atoms with van der Waals surface area (Å²) < 4.78 is 0. The number of benzene rings is 2. The summed E-state index contributed by atoms with van der Waals surface area (Å²) in [6, 6.07) is 19.5. The number of carboxylic acid groups (broad SMARTS) is 3. The second kappa shape index (κ2) is 16.8. The molecule has 0 aliphatic carbocycles. The van der Waals surface area contributed by atoms with Gasteiger partial charge < -0.3 is 25.7 Å². The Labute approximate surface area is 217 Å². The van der Waals surface area contributed by atoms with E-state index in [2.05, 4.69) is 17.0 Å². The minimum atomic E-state index is -1.82. The van der Waals surface area contributed by atoms with Crippen molar-refractivity contribution in [1.82, 2.24) is 4.90 Å². The van der Waals surface area contributed by atoms with Gasteiger partial charge >= 0.3 is 17.9 Å². The monoisotopic (exact) mass is 518 g/mol. The first-order valence-corrected chi connectivity index (χ1v) is 12.0. The number of rotatable bonds is 7. The third-order valence-electron chi connectivity index (χ3n) is 5.82. The van der Waals surface area contributed by atoms with E-state index < -0.39 is 23.4 Å². The lowest BCUT2D eigenvalue weighted by atomic mass is 9.84. The molecule has 0 spiro atoms. The van der Waals surface area contributed by atoms with Crippen LogP contribution in [-0.4, -0.2) is 74.7 Å². The maximum Gasteiger partial charge on any atom is 0.414 e. The maximum absolute atomic E-state index is 12.8. The molecule has 1 aliphatic rings. The molecule has 0 atom stereocenters. The largest absolute Gasteiger partial charge is 0.479 e. The van der Waals surface area contributed by atoms with Gasteiger partial charge in [-0.25, -0.2) is 14.4 Å². The van der Waals surface area contributed by atoms with Crippen LogP contribution in [0.4, 0.5) is 5.69 Å². The topological polar surface area (TPSA) is 167 Å². The standard InChI is InChI=1S/C23H28N2O3.C2H2O4.C2H6.H2O/c1-2-21(26)25(20-11-7-4-8-12-20)23(22(27)28)14-17-24(18-15-23)16-13-19-9-5-3-6-10-19;3-1(4)2(5)6;1-2;/h3-12H,2,13-18H2,1H3,(H,27,28);(H,3,4)(H,5,6);1-2H3;1H2. The van der Waals surface area contributed by atoms with Crippen molar-refractivity contribution in [1.29, 1.82) is 0 Å². The van der Waals surface area contributed by atoms with Crippen LogP contribution in [0.1, 0.15) is 45.6 Å². The normalized spacial score (nSPS) is 13.8. The van der Waals surface area contributed by atoms with Crippen LogP contribution in [0.5, 0.6) is 0 Å². The van der Waals surface area contributed by atoms with Crippen LogP contribution in [-0.2, 0) is 25.6 Å². The maximum atomic E-state index is 12.8. The van der Waals surface area contributed by atoms with Crippen molar-refractivity contribution >= 4 is 29.5 Å². The van der Waals surface area contributed by atoms with Crippen molar-refractivity contribution in [3.8, 4) is 0 Å². The second-order valence-corrected chi connectivity index (χ2v) is 7.94. The van der Waals surface area contributed by atoms with Gasteiger partial charge in [0.15, 0.2) is 0 Å². The van der Waals surface area contributed by atoms with Crippen LogP contribution in [0, 0.1) is 0 Å². The molecule has 10 nitrogen and oxygen atoms in total. The SMILES string of the molecule is CC.CCC(=O)N(c1ccccc1)C1(C(=O)O)CCN(CCc2ccccc2)CC1.O.O=C(O)C(=O)O. The molecule has 204 valence electrons. The average Bonchev–Trinajstić information content (AvgIpc) is 2.90. The summed E-state index contributed by atoms with van der Waals surface area (Å²) in [5.74, 6) is -4.71. The molecule has 37 heavy (non-hydrogen) atoms. The molecular formula is C27H38N2O8. The number of carbonyl (C=O) groups excluding carboxylic acids is 1. The summed E-state index contributed by atoms with van der Waals surface area (Å²) in [6.45, 7) is 8.01. The summed E-state index contributed by atoms with van der Waals surface area (Å²) in [6.07, 6.45) is 2.08. The fourth-order valence-corrected chi connectivity index (χ4v) is 3.98. The van der Waals surface area contributed by atoms with Crippen LogP contribution in [0.25, 0.3) is 0 Å².